The lowest BCUT2D eigenvalue weighted by Crippen LogP contribution is -2.07. The number of halogens is 1. The fourth-order valence-electron chi connectivity index (χ4n) is 1.28. The van der Waals surface area contributed by atoms with Crippen LogP contribution in [0.4, 0.5) is 9.52 Å². The van der Waals surface area contributed by atoms with Gasteiger partial charge < -0.3 is 0 Å². The van der Waals surface area contributed by atoms with Gasteiger partial charge in [-0.2, -0.15) is 0 Å². The highest BCUT2D eigenvalue weighted by Gasteiger charge is 2.08. The zero-order chi connectivity index (χ0) is 13.0. The third kappa shape index (κ3) is 2.98. The SMILES string of the molecule is CC=CC(=O)Nc1nnc(-c2ccc(F)cc2)s1. The summed E-state index contributed by atoms with van der Waals surface area (Å²) in [6.45, 7) is 1.75. The molecule has 0 saturated carbocycles. The Bertz CT molecular complexity index is 577. The van der Waals surface area contributed by atoms with Crippen molar-refractivity contribution in [3.05, 3.63) is 42.2 Å². The zero-order valence-corrected chi connectivity index (χ0v) is 10.4. The molecule has 6 heteroatoms. The van der Waals surface area contributed by atoms with Crippen LogP contribution >= 0.6 is 11.3 Å². The van der Waals surface area contributed by atoms with Crippen molar-refractivity contribution >= 4 is 22.4 Å². The Hall–Kier alpha value is -2.08. The summed E-state index contributed by atoms with van der Waals surface area (Å²) in [7, 11) is 0. The van der Waals surface area contributed by atoms with Crippen molar-refractivity contribution in [2.45, 2.75) is 6.92 Å². The molecule has 0 atom stereocenters. The van der Waals surface area contributed by atoms with Gasteiger partial charge in [0, 0.05) is 5.56 Å². The lowest BCUT2D eigenvalue weighted by molar-refractivity contribution is -0.111. The van der Waals surface area contributed by atoms with E-state index < -0.39 is 0 Å². The fraction of sp³-hybridized carbons (Fsp3) is 0.0833. The minimum atomic E-state index is -0.301. The number of carbonyl (C=O) groups excluding carboxylic acids is 1. The molecule has 92 valence electrons. The molecule has 0 fully saturated rings. The van der Waals surface area contributed by atoms with Crippen LogP contribution in [-0.4, -0.2) is 16.1 Å². The Kier molecular flexibility index (Phi) is 3.78. The van der Waals surface area contributed by atoms with Gasteiger partial charge in [0.15, 0.2) is 0 Å². The number of rotatable bonds is 3. The molecular formula is C12H10FN3OS. The largest absolute Gasteiger partial charge is 0.297 e. The van der Waals surface area contributed by atoms with Crippen molar-refractivity contribution in [1.82, 2.24) is 10.2 Å². The van der Waals surface area contributed by atoms with Crippen molar-refractivity contribution in [3.8, 4) is 10.6 Å². The minimum absolute atomic E-state index is 0.251. The van der Waals surface area contributed by atoms with Crippen molar-refractivity contribution in [2.24, 2.45) is 0 Å². The maximum absolute atomic E-state index is 12.8. The Balaban J connectivity index is 2.15. The molecule has 1 aromatic carbocycles. The van der Waals surface area contributed by atoms with Gasteiger partial charge >= 0.3 is 0 Å². The molecule has 0 radical (unpaired) electrons. The number of amides is 1. The molecule has 0 aliphatic rings. The van der Waals surface area contributed by atoms with Crippen LogP contribution in [0.1, 0.15) is 6.92 Å². The fourth-order valence-corrected chi connectivity index (χ4v) is 2.03. The lowest BCUT2D eigenvalue weighted by atomic mass is 10.2. The summed E-state index contributed by atoms with van der Waals surface area (Å²) in [5.41, 5.74) is 0.764. The number of allylic oxidation sites excluding steroid dienone is 1. The van der Waals surface area contributed by atoms with E-state index >= 15 is 0 Å². The third-order valence-electron chi connectivity index (χ3n) is 2.06. The molecule has 4 nitrogen and oxygen atoms in total. The first-order valence-electron chi connectivity index (χ1n) is 5.22. The monoisotopic (exact) mass is 263 g/mol. The van der Waals surface area contributed by atoms with Crippen LogP contribution in [-0.2, 0) is 4.79 Å². The number of aromatic nitrogens is 2. The smallest absolute Gasteiger partial charge is 0.249 e. The number of nitrogens with zero attached hydrogens (tertiary/aromatic N) is 2. The van der Waals surface area contributed by atoms with Gasteiger partial charge in [-0.3, -0.25) is 10.1 Å². The van der Waals surface area contributed by atoms with Crippen molar-refractivity contribution < 1.29 is 9.18 Å². The second kappa shape index (κ2) is 5.50. The number of carbonyl (C=O) groups is 1. The van der Waals surface area contributed by atoms with Gasteiger partial charge in [0.1, 0.15) is 10.8 Å². The summed E-state index contributed by atoms with van der Waals surface area (Å²) in [6, 6.07) is 5.95. The summed E-state index contributed by atoms with van der Waals surface area (Å²) >= 11 is 1.24. The van der Waals surface area contributed by atoms with Crippen LogP contribution in [0, 0.1) is 5.82 Å². The van der Waals surface area contributed by atoms with Gasteiger partial charge in [-0.25, -0.2) is 4.39 Å². The molecule has 0 unspecified atom stereocenters. The van der Waals surface area contributed by atoms with Crippen LogP contribution in [0.5, 0.6) is 0 Å². The minimum Gasteiger partial charge on any atom is -0.297 e. The van der Waals surface area contributed by atoms with Gasteiger partial charge in [-0.15, -0.1) is 10.2 Å². The molecule has 1 aromatic heterocycles. The van der Waals surface area contributed by atoms with Crippen molar-refractivity contribution in [3.63, 3.8) is 0 Å². The number of hydrogen-bond acceptors (Lipinski definition) is 4. The zero-order valence-electron chi connectivity index (χ0n) is 9.55. The van der Waals surface area contributed by atoms with E-state index in [4.69, 9.17) is 0 Å². The summed E-state index contributed by atoms with van der Waals surface area (Å²) in [4.78, 5) is 11.3. The van der Waals surface area contributed by atoms with Crippen molar-refractivity contribution in [2.75, 3.05) is 5.32 Å². The predicted octanol–water partition coefficient (Wildman–Crippen LogP) is 2.86. The summed E-state index contributed by atoms with van der Waals surface area (Å²) < 4.78 is 12.8. The van der Waals surface area contributed by atoms with E-state index in [0.29, 0.717) is 10.1 Å². The van der Waals surface area contributed by atoms with Crippen molar-refractivity contribution in [1.29, 1.82) is 0 Å². The highest BCUT2D eigenvalue weighted by molar-refractivity contribution is 7.18. The Morgan fingerprint density at radius 3 is 2.72 bits per heavy atom. The lowest BCUT2D eigenvalue weighted by Gasteiger charge is -1.94. The average Bonchev–Trinajstić information content (AvgIpc) is 2.78. The van der Waals surface area contributed by atoms with Gasteiger partial charge in [-0.05, 0) is 37.3 Å². The van der Waals surface area contributed by atoms with Crippen LogP contribution in [0.2, 0.25) is 0 Å². The highest BCUT2D eigenvalue weighted by Crippen LogP contribution is 2.26. The van der Waals surface area contributed by atoms with E-state index in [-0.39, 0.29) is 11.7 Å². The van der Waals surface area contributed by atoms with Gasteiger partial charge in [0.25, 0.3) is 0 Å². The normalized spacial score (nSPS) is 10.8. The Labute approximate surface area is 107 Å². The van der Waals surface area contributed by atoms with E-state index in [2.05, 4.69) is 15.5 Å². The molecule has 0 aliphatic carbocycles. The van der Waals surface area contributed by atoms with E-state index in [1.807, 2.05) is 0 Å². The first kappa shape index (κ1) is 12.4. The van der Waals surface area contributed by atoms with E-state index in [0.717, 1.165) is 5.56 Å². The second-order valence-corrected chi connectivity index (χ2v) is 4.39. The number of benzene rings is 1. The molecule has 18 heavy (non-hydrogen) atoms. The van der Waals surface area contributed by atoms with Crippen LogP contribution in [0.3, 0.4) is 0 Å². The molecule has 0 spiro atoms. The molecule has 0 saturated heterocycles. The second-order valence-electron chi connectivity index (χ2n) is 3.41. The van der Waals surface area contributed by atoms with E-state index in [1.54, 1.807) is 25.1 Å². The summed E-state index contributed by atoms with van der Waals surface area (Å²) in [5.74, 6) is -0.552. The first-order chi connectivity index (χ1) is 8.69. The van der Waals surface area contributed by atoms with Gasteiger partial charge in [-0.1, -0.05) is 17.4 Å². The Morgan fingerprint density at radius 2 is 2.06 bits per heavy atom. The summed E-state index contributed by atoms with van der Waals surface area (Å²) in [5, 5.41) is 11.4. The predicted molar refractivity (Wildman–Crippen MR) is 68.7 cm³/mol. The summed E-state index contributed by atoms with van der Waals surface area (Å²) in [6.07, 6.45) is 3.04. The molecule has 2 rings (SSSR count). The maximum Gasteiger partial charge on any atom is 0.249 e. The van der Waals surface area contributed by atoms with E-state index in [1.165, 1.54) is 29.5 Å². The quantitative estimate of drug-likeness (QED) is 0.866. The third-order valence-corrected chi connectivity index (χ3v) is 2.95. The number of nitrogens with one attached hydrogen (secondary N) is 1. The number of hydrogen-bond donors (Lipinski definition) is 1. The van der Waals surface area contributed by atoms with E-state index in [9.17, 15) is 9.18 Å². The molecule has 0 bridgehead atoms. The molecule has 2 aromatic rings. The van der Waals surface area contributed by atoms with Crippen LogP contribution in [0.25, 0.3) is 10.6 Å². The first-order valence-corrected chi connectivity index (χ1v) is 6.04. The van der Waals surface area contributed by atoms with Gasteiger partial charge in [0.2, 0.25) is 11.0 Å². The number of anilines is 1. The molecular weight excluding hydrogens is 253 g/mol. The molecule has 1 heterocycles. The van der Waals surface area contributed by atoms with Gasteiger partial charge in [0.05, 0.1) is 0 Å². The molecule has 1 N–H and O–H groups in total. The molecule has 1 amide bonds. The Morgan fingerprint density at radius 1 is 1.33 bits per heavy atom. The molecule has 0 aliphatic heterocycles. The van der Waals surface area contributed by atoms with Crippen LogP contribution < -0.4 is 5.32 Å². The maximum atomic E-state index is 12.8. The van der Waals surface area contributed by atoms with Crippen LogP contribution in [0.15, 0.2) is 36.4 Å². The standard InChI is InChI=1S/C12H10FN3OS/c1-2-3-10(17)14-12-16-15-11(18-12)8-4-6-9(13)7-5-8/h2-7H,1H3,(H,14,16,17). The highest BCUT2D eigenvalue weighted by atomic mass is 32.1. The topological polar surface area (TPSA) is 54.9 Å². The average molecular weight is 263 g/mol.